The molecule has 1 aromatic carbocycles. The van der Waals surface area contributed by atoms with Crippen LogP contribution in [0, 0.1) is 0 Å². The molecule has 0 bridgehead atoms. The van der Waals surface area contributed by atoms with Gasteiger partial charge in [0.2, 0.25) is 0 Å². The van der Waals surface area contributed by atoms with Crippen LogP contribution in [-0.2, 0) is 11.2 Å². The van der Waals surface area contributed by atoms with Crippen LogP contribution in [0.25, 0.3) is 0 Å². The molecule has 102 valence electrons. The van der Waals surface area contributed by atoms with E-state index >= 15 is 0 Å². The Kier molecular flexibility index (Phi) is 7.09. The van der Waals surface area contributed by atoms with Crippen LogP contribution in [0.2, 0.25) is 5.02 Å². The van der Waals surface area contributed by atoms with Gasteiger partial charge >= 0.3 is 0 Å². The quantitative estimate of drug-likeness (QED) is 0.738. The summed E-state index contributed by atoms with van der Waals surface area (Å²) in [5.41, 5.74) is 1.09. The predicted octanol–water partition coefficient (Wildman–Crippen LogP) is 2.91. The average Bonchev–Trinajstić information content (AvgIpc) is 2.34. The Morgan fingerprint density at radius 3 is 2.67 bits per heavy atom. The van der Waals surface area contributed by atoms with Crippen molar-refractivity contribution in [3.8, 4) is 5.75 Å². The number of hydrogen-bond acceptors (Lipinski definition) is 3. The van der Waals surface area contributed by atoms with Gasteiger partial charge < -0.3 is 14.8 Å². The molecule has 1 N–H and O–H groups in total. The SMILES string of the molecule is COc1ccc(CCOCCNC(C)C)c(Cl)c1. The van der Waals surface area contributed by atoms with Crippen molar-refractivity contribution in [3.05, 3.63) is 28.8 Å². The van der Waals surface area contributed by atoms with Crippen molar-refractivity contribution in [1.29, 1.82) is 0 Å². The number of methoxy groups -OCH3 is 1. The summed E-state index contributed by atoms with van der Waals surface area (Å²) in [6, 6.07) is 6.24. The first-order valence-electron chi connectivity index (χ1n) is 6.27. The van der Waals surface area contributed by atoms with E-state index in [2.05, 4.69) is 19.2 Å². The molecule has 0 fully saturated rings. The average molecular weight is 272 g/mol. The van der Waals surface area contributed by atoms with Crippen LogP contribution in [0.3, 0.4) is 0 Å². The molecule has 0 radical (unpaired) electrons. The maximum atomic E-state index is 6.14. The summed E-state index contributed by atoms with van der Waals surface area (Å²) in [7, 11) is 1.64. The molecule has 0 aromatic heterocycles. The lowest BCUT2D eigenvalue weighted by Gasteiger charge is -2.09. The lowest BCUT2D eigenvalue weighted by molar-refractivity contribution is 0.137. The van der Waals surface area contributed by atoms with E-state index in [-0.39, 0.29) is 0 Å². The number of ether oxygens (including phenoxy) is 2. The first-order valence-corrected chi connectivity index (χ1v) is 6.65. The summed E-state index contributed by atoms with van der Waals surface area (Å²) in [5.74, 6) is 0.783. The molecular formula is C14H22ClNO2. The third-order valence-corrected chi connectivity index (χ3v) is 2.93. The molecule has 0 heterocycles. The Morgan fingerprint density at radius 1 is 1.28 bits per heavy atom. The van der Waals surface area contributed by atoms with E-state index in [1.54, 1.807) is 7.11 Å². The van der Waals surface area contributed by atoms with Gasteiger partial charge in [-0.3, -0.25) is 0 Å². The van der Waals surface area contributed by atoms with E-state index in [9.17, 15) is 0 Å². The highest BCUT2D eigenvalue weighted by Gasteiger charge is 2.02. The summed E-state index contributed by atoms with van der Waals surface area (Å²) < 4.78 is 10.7. The monoisotopic (exact) mass is 271 g/mol. The van der Waals surface area contributed by atoms with Crippen molar-refractivity contribution in [2.24, 2.45) is 0 Å². The third kappa shape index (κ3) is 5.71. The van der Waals surface area contributed by atoms with E-state index in [1.807, 2.05) is 18.2 Å². The number of halogens is 1. The maximum Gasteiger partial charge on any atom is 0.120 e. The lowest BCUT2D eigenvalue weighted by atomic mass is 10.1. The molecule has 0 spiro atoms. The molecule has 0 saturated carbocycles. The van der Waals surface area contributed by atoms with Crippen molar-refractivity contribution >= 4 is 11.6 Å². The Morgan fingerprint density at radius 2 is 2.06 bits per heavy atom. The molecule has 0 aliphatic heterocycles. The van der Waals surface area contributed by atoms with E-state index in [0.29, 0.717) is 12.6 Å². The molecule has 0 saturated heterocycles. The van der Waals surface area contributed by atoms with Crippen molar-refractivity contribution in [2.75, 3.05) is 26.9 Å². The third-order valence-electron chi connectivity index (χ3n) is 2.57. The van der Waals surface area contributed by atoms with Crippen LogP contribution >= 0.6 is 11.6 Å². The second kappa shape index (κ2) is 8.35. The Bertz CT molecular complexity index is 356. The van der Waals surface area contributed by atoms with Gasteiger partial charge in [0.05, 0.1) is 20.3 Å². The van der Waals surface area contributed by atoms with Gasteiger partial charge in [0, 0.05) is 17.6 Å². The minimum atomic E-state index is 0.504. The van der Waals surface area contributed by atoms with Gasteiger partial charge in [-0.2, -0.15) is 0 Å². The highest BCUT2D eigenvalue weighted by molar-refractivity contribution is 6.31. The molecule has 0 amide bonds. The molecule has 4 heteroatoms. The van der Waals surface area contributed by atoms with Gasteiger partial charge in [0.25, 0.3) is 0 Å². The van der Waals surface area contributed by atoms with E-state index in [4.69, 9.17) is 21.1 Å². The van der Waals surface area contributed by atoms with Gasteiger partial charge in [0.1, 0.15) is 5.75 Å². The fourth-order valence-electron chi connectivity index (χ4n) is 1.56. The van der Waals surface area contributed by atoms with E-state index < -0.39 is 0 Å². The highest BCUT2D eigenvalue weighted by atomic mass is 35.5. The number of hydrogen-bond donors (Lipinski definition) is 1. The van der Waals surface area contributed by atoms with E-state index in [0.717, 1.165) is 35.9 Å². The molecule has 0 aliphatic carbocycles. The first-order chi connectivity index (χ1) is 8.63. The highest BCUT2D eigenvalue weighted by Crippen LogP contribution is 2.22. The zero-order valence-corrected chi connectivity index (χ0v) is 12.1. The molecule has 0 aliphatic rings. The summed E-state index contributed by atoms with van der Waals surface area (Å²) in [6.45, 7) is 6.54. The zero-order chi connectivity index (χ0) is 13.4. The summed E-state index contributed by atoms with van der Waals surface area (Å²) in [5, 5.41) is 4.04. The van der Waals surface area contributed by atoms with E-state index in [1.165, 1.54) is 0 Å². The van der Waals surface area contributed by atoms with Crippen molar-refractivity contribution < 1.29 is 9.47 Å². The number of nitrogens with one attached hydrogen (secondary N) is 1. The normalized spacial score (nSPS) is 10.9. The molecule has 0 unspecified atom stereocenters. The number of benzene rings is 1. The lowest BCUT2D eigenvalue weighted by Crippen LogP contribution is -2.26. The van der Waals surface area contributed by atoms with Crippen LogP contribution in [0.5, 0.6) is 5.75 Å². The number of rotatable bonds is 8. The van der Waals surface area contributed by atoms with Gasteiger partial charge in [-0.05, 0) is 24.1 Å². The van der Waals surface area contributed by atoms with Crippen molar-refractivity contribution in [1.82, 2.24) is 5.32 Å². The van der Waals surface area contributed by atoms with Crippen LogP contribution in [-0.4, -0.2) is 32.9 Å². The molecule has 1 rings (SSSR count). The smallest absolute Gasteiger partial charge is 0.120 e. The maximum absolute atomic E-state index is 6.14. The van der Waals surface area contributed by atoms with Crippen molar-refractivity contribution in [2.45, 2.75) is 26.3 Å². The fourth-order valence-corrected chi connectivity index (χ4v) is 1.83. The van der Waals surface area contributed by atoms with Gasteiger partial charge in [0.15, 0.2) is 0 Å². The largest absolute Gasteiger partial charge is 0.497 e. The van der Waals surface area contributed by atoms with Gasteiger partial charge in [-0.25, -0.2) is 0 Å². The molecule has 3 nitrogen and oxygen atoms in total. The molecular weight excluding hydrogens is 250 g/mol. The standard InChI is InChI=1S/C14H22ClNO2/c1-11(2)16-7-9-18-8-6-12-4-5-13(17-3)10-14(12)15/h4-5,10-11,16H,6-9H2,1-3H3. The molecule has 0 atom stereocenters. The van der Waals surface area contributed by atoms with Crippen LogP contribution in [0.15, 0.2) is 18.2 Å². The van der Waals surface area contributed by atoms with Crippen molar-refractivity contribution in [3.63, 3.8) is 0 Å². The minimum absolute atomic E-state index is 0.504. The second-order valence-electron chi connectivity index (χ2n) is 4.43. The fraction of sp³-hybridized carbons (Fsp3) is 0.571. The minimum Gasteiger partial charge on any atom is -0.497 e. The van der Waals surface area contributed by atoms with Crippen LogP contribution in [0.1, 0.15) is 19.4 Å². The Hall–Kier alpha value is -0.770. The molecule has 18 heavy (non-hydrogen) atoms. The van der Waals surface area contributed by atoms with Gasteiger partial charge in [-0.15, -0.1) is 0 Å². The molecule has 1 aromatic rings. The van der Waals surface area contributed by atoms with Crippen LogP contribution < -0.4 is 10.1 Å². The zero-order valence-electron chi connectivity index (χ0n) is 11.3. The predicted molar refractivity (Wildman–Crippen MR) is 75.7 cm³/mol. The van der Waals surface area contributed by atoms with Crippen LogP contribution in [0.4, 0.5) is 0 Å². The second-order valence-corrected chi connectivity index (χ2v) is 4.84. The Labute approximate surface area is 114 Å². The summed E-state index contributed by atoms with van der Waals surface area (Å²) in [4.78, 5) is 0. The Balaban J connectivity index is 2.23. The van der Waals surface area contributed by atoms with Gasteiger partial charge in [-0.1, -0.05) is 31.5 Å². The summed E-state index contributed by atoms with van der Waals surface area (Å²) >= 11 is 6.14. The topological polar surface area (TPSA) is 30.5 Å². The first kappa shape index (κ1) is 15.3. The summed E-state index contributed by atoms with van der Waals surface area (Å²) in [6.07, 6.45) is 0.824.